The molecule has 0 aromatic rings. The van der Waals surface area contributed by atoms with Crippen LogP contribution in [0.25, 0.3) is 0 Å². The van der Waals surface area contributed by atoms with Gasteiger partial charge in [0, 0.05) is 0 Å². The van der Waals surface area contributed by atoms with E-state index in [4.69, 9.17) is 5.11 Å². The minimum Gasteiger partial charge on any atom is -0.481 e. The van der Waals surface area contributed by atoms with Crippen molar-refractivity contribution in [3.8, 4) is 0 Å². The minimum absolute atomic E-state index is 0.576. The third kappa shape index (κ3) is 9.46. The lowest BCUT2D eigenvalue weighted by molar-refractivity contribution is -0.144. The van der Waals surface area contributed by atoms with E-state index in [0.717, 1.165) is 25.7 Å². The normalized spacial score (nSPS) is 17.4. The number of hydrogen-bond donors (Lipinski definition) is 2. The SMILES string of the molecule is C/C=C(C)/C=C(\C)C[C@H](C)CCCC[C@@H](O)[C@@H](C)C(=O)O. The lowest BCUT2D eigenvalue weighted by Gasteiger charge is -2.16. The van der Waals surface area contributed by atoms with Crippen LogP contribution < -0.4 is 0 Å². The van der Waals surface area contributed by atoms with Crippen LogP contribution >= 0.6 is 0 Å². The Kier molecular flexibility index (Phi) is 10.1. The van der Waals surface area contributed by atoms with Crippen molar-refractivity contribution >= 4 is 5.97 Å². The predicted molar refractivity (Wildman–Crippen MR) is 88.2 cm³/mol. The van der Waals surface area contributed by atoms with Crippen molar-refractivity contribution in [3.63, 3.8) is 0 Å². The Labute approximate surface area is 129 Å². The molecule has 0 aliphatic rings. The Morgan fingerprint density at radius 1 is 1.14 bits per heavy atom. The molecule has 0 aromatic carbocycles. The minimum atomic E-state index is -0.920. The van der Waals surface area contributed by atoms with Crippen LogP contribution in [0.3, 0.4) is 0 Å². The summed E-state index contributed by atoms with van der Waals surface area (Å²) in [5.74, 6) is -0.965. The number of aliphatic hydroxyl groups excluding tert-OH is 1. The van der Waals surface area contributed by atoms with Crippen LogP contribution in [0, 0.1) is 11.8 Å². The van der Waals surface area contributed by atoms with Crippen molar-refractivity contribution in [1.82, 2.24) is 0 Å². The molecule has 0 radical (unpaired) electrons. The molecular weight excluding hydrogens is 264 g/mol. The van der Waals surface area contributed by atoms with Crippen LogP contribution in [-0.2, 0) is 4.79 Å². The maximum absolute atomic E-state index is 10.7. The van der Waals surface area contributed by atoms with Gasteiger partial charge in [0.1, 0.15) is 0 Å². The van der Waals surface area contributed by atoms with E-state index in [1.165, 1.54) is 11.1 Å². The molecule has 0 spiro atoms. The highest BCUT2D eigenvalue weighted by atomic mass is 16.4. The Hall–Kier alpha value is -1.09. The monoisotopic (exact) mass is 296 g/mol. The van der Waals surface area contributed by atoms with Crippen LogP contribution in [0.5, 0.6) is 0 Å². The van der Waals surface area contributed by atoms with E-state index < -0.39 is 18.0 Å². The second kappa shape index (κ2) is 10.6. The summed E-state index contributed by atoms with van der Waals surface area (Å²) in [6, 6.07) is 0. The molecular formula is C18H32O3. The Balaban J connectivity index is 3.93. The van der Waals surface area contributed by atoms with Crippen molar-refractivity contribution in [2.24, 2.45) is 11.8 Å². The van der Waals surface area contributed by atoms with E-state index in [1.807, 2.05) is 6.92 Å². The van der Waals surface area contributed by atoms with Gasteiger partial charge in [-0.25, -0.2) is 0 Å². The van der Waals surface area contributed by atoms with Crippen molar-refractivity contribution in [2.45, 2.75) is 72.8 Å². The van der Waals surface area contributed by atoms with Crippen molar-refractivity contribution in [1.29, 1.82) is 0 Å². The molecule has 0 saturated heterocycles. The van der Waals surface area contributed by atoms with Gasteiger partial charge in [-0.2, -0.15) is 0 Å². The smallest absolute Gasteiger partial charge is 0.308 e. The molecule has 0 fully saturated rings. The Morgan fingerprint density at radius 2 is 1.71 bits per heavy atom. The number of rotatable bonds is 10. The van der Waals surface area contributed by atoms with Crippen molar-refractivity contribution in [3.05, 3.63) is 23.3 Å². The summed E-state index contributed by atoms with van der Waals surface area (Å²) < 4.78 is 0. The molecule has 0 unspecified atom stereocenters. The third-order valence-corrected chi connectivity index (χ3v) is 4.01. The number of aliphatic hydroxyl groups is 1. The zero-order valence-corrected chi connectivity index (χ0v) is 14.2. The van der Waals surface area contributed by atoms with Gasteiger partial charge in [-0.05, 0) is 46.5 Å². The molecule has 0 aliphatic heterocycles. The number of carboxylic acids is 1. The Morgan fingerprint density at radius 3 is 2.24 bits per heavy atom. The Bertz CT molecular complexity index is 369. The van der Waals surface area contributed by atoms with Crippen LogP contribution in [0.1, 0.15) is 66.7 Å². The fourth-order valence-electron chi connectivity index (χ4n) is 2.44. The summed E-state index contributed by atoms with van der Waals surface area (Å²) in [6.45, 7) is 10.1. The van der Waals surface area contributed by atoms with Crippen molar-refractivity contribution < 1.29 is 15.0 Å². The van der Waals surface area contributed by atoms with E-state index in [1.54, 1.807) is 6.92 Å². The van der Waals surface area contributed by atoms with Gasteiger partial charge in [0.15, 0.2) is 0 Å². The van der Waals surface area contributed by atoms with Crippen LogP contribution in [0.15, 0.2) is 23.3 Å². The predicted octanol–water partition coefficient (Wildman–Crippen LogP) is 4.57. The highest BCUT2D eigenvalue weighted by Crippen LogP contribution is 2.20. The van der Waals surface area contributed by atoms with Gasteiger partial charge in [-0.3, -0.25) is 4.79 Å². The molecule has 0 rings (SSSR count). The zero-order valence-electron chi connectivity index (χ0n) is 14.2. The van der Waals surface area contributed by atoms with Crippen molar-refractivity contribution in [2.75, 3.05) is 0 Å². The van der Waals surface area contributed by atoms with Gasteiger partial charge in [0.2, 0.25) is 0 Å². The lowest BCUT2D eigenvalue weighted by atomic mass is 9.93. The first kappa shape index (κ1) is 19.9. The molecule has 3 heteroatoms. The van der Waals surface area contributed by atoms with Crippen LogP contribution in [0.4, 0.5) is 0 Å². The van der Waals surface area contributed by atoms with E-state index >= 15 is 0 Å². The summed E-state index contributed by atoms with van der Waals surface area (Å²) in [5, 5.41) is 18.5. The van der Waals surface area contributed by atoms with Crippen LogP contribution in [0.2, 0.25) is 0 Å². The number of hydrogen-bond acceptors (Lipinski definition) is 2. The summed E-state index contributed by atoms with van der Waals surface area (Å²) in [4.78, 5) is 10.7. The molecule has 0 amide bonds. The lowest BCUT2D eigenvalue weighted by Crippen LogP contribution is -2.25. The molecule has 3 atom stereocenters. The topological polar surface area (TPSA) is 57.5 Å². The summed E-state index contributed by atoms with van der Waals surface area (Å²) in [7, 11) is 0. The maximum atomic E-state index is 10.7. The molecule has 3 nitrogen and oxygen atoms in total. The van der Waals surface area contributed by atoms with E-state index in [9.17, 15) is 9.90 Å². The second-order valence-corrected chi connectivity index (χ2v) is 6.31. The number of aliphatic carboxylic acids is 1. The van der Waals surface area contributed by atoms with Gasteiger partial charge in [0.05, 0.1) is 12.0 Å². The van der Waals surface area contributed by atoms with Crippen LogP contribution in [-0.4, -0.2) is 22.3 Å². The first-order valence-electron chi connectivity index (χ1n) is 7.98. The number of unbranched alkanes of at least 4 members (excludes halogenated alkanes) is 1. The molecule has 21 heavy (non-hydrogen) atoms. The largest absolute Gasteiger partial charge is 0.481 e. The molecule has 122 valence electrons. The highest BCUT2D eigenvalue weighted by molar-refractivity contribution is 5.70. The second-order valence-electron chi connectivity index (χ2n) is 6.31. The van der Waals surface area contributed by atoms with Gasteiger partial charge in [0.25, 0.3) is 0 Å². The van der Waals surface area contributed by atoms with E-state index in [0.29, 0.717) is 12.3 Å². The fourth-order valence-corrected chi connectivity index (χ4v) is 2.44. The summed E-state index contributed by atoms with van der Waals surface area (Å²) >= 11 is 0. The summed E-state index contributed by atoms with van der Waals surface area (Å²) in [5.41, 5.74) is 2.70. The first-order chi connectivity index (χ1) is 9.77. The average Bonchev–Trinajstić information content (AvgIpc) is 2.41. The molecule has 2 N–H and O–H groups in total. The molecule has 0 aliphatic carbocycles. The fraction of sp³-hybridized carbons (Fsp3) is 0.722. The van der Waals surface area contributed by atoms with Gasteiger partial charge < -0.3 is 10.2 Å². The number of carbonyl (C=O) groups is 1. The van der Waals surface area contributed by atoms with E-state index in [2.05, 4.69) is 32.9 Å². The standard InChI is InChI=1S/C18H32O3/c1-6-13(2)11-15(4)12-14(3)9-7-8-10-17(19)16(5)18(20)21/h6,11,14,16-17,19H,7-10,12H2,1-5H3,(H,20,21)/b13-6+,15-11+/t14-,16-,17-/m1/s1. The van der Waals surface area contributed by atoms with Gasteiger partial charge in [-0.15, -0.1) is 0 Å². The highest BCUT2D eigenvalue weighted by Gasteiger charge is 2.20. The third-order valence-electron chi connectivity index (χ3n) is 4.01. The molecule has 0 heterocycles. The maximum Gasteiger partial charge on any atom is 0.308 e. The quantitative estimate of drug-likeness (QED) is 0.459. The number of carboxylic acid groups (broad SMARTS) is 1. The first-order valence-corrected chi connectivity index (χ1v) is 7.98. The number of allylic oxidation sites excluding steroid dienone is 4. The molecule has 0 aromatic heterocycles. The zero-order chi connectivity index (χ0) is 16.4. The van der Waals surface area contributed by atoms with Gasteiger partial charge in [-0.1, -0.05) is 49.5 Å². The molecule has 0 saturated carbocycles. The van der Waals surface area contributed by atoms with Gasteiger partial charge >= 0.3 is 5.97 Å². The average molecular weight is 296 g/mol. The van der Waals surface area contributed by atoms with E-state index in [-0.39, 0.29) is 0 Å². The molecule has 0 bridgehead atoms. The summed E-state index contributed by atoms with van der Waals surface area (Å²) in [6.07, 6.45) is 8.34.